The first-order valence-electron chi connectivity index (χ1n) is 15.5. The van der Waals surface area contributed by atoms with Gasteiger partial charge in [-0.2, -0.15) is 0 Å². The lowest BCUT2D eigenvalue weighted by Gasteiger charge is -2.14. The van der Waals surface area contributed by atoms with Crippen LogP contribution in [0.25, 0.3) is 73.0 Å². The number of rotatable bonds is 6. The van der Waals surface area contributed by atoms with Crippen molar-refractivity contribution in [3.63, 3.8) is 0 Å². The normalized spacial score (nSPS) is 12.7. The standard InChI is InChI=1S/C41H29N5/c1-5-15-28(16-6-1)36-27-37(43-38(42-36)29-17-7-2-8-18-29)34-25-13-24-33-32(34)23-14-26-35(33)41-45-39(30-19-9-3-10-20-30)44-40(46-41)31-21-11-4-12-22-31/h1-11,13-21,23-27H,12,22H2. The molecule has 0 unspecified atom stereocenters. The zero-order valence-corrected chi connectivity index (χ0v) is 25.1. The van der Waals surface area contributed by atoms with Crippen LogP contribution in [0.5, 0.6) is 0 Å². The summed E-state index contributed by atoms with van der Waals surface area (Å²) in [6, 6.07) is 45.3. The van der Waals surface area contributed by atoms with Gasteiger partial charge in [0.25, 0.3) is 0 Å². The van der Waals surface area contributed by atoms with Crippen LogP contribution < -0.4 is 0 Å². The zero-order chi connectivity index (χ0) is 30.7. The second-order valence-corrected chi connectivity index (χ2v) is 11.2. The van der Waals surface area contributed by atoms with Gasteiger partial charge in [0.15, 0.2) is 23.3 Å². The van der Waals surface area contributed by atoms with Crippen molar-refractivity contribution in [1.82, 2.24) is 24.9 Å². The van der Waals surface area contributed by atoms with Crippen molar-refractivity contribution in [1.29, 1.82) is 0 Å². The zero-order valence-electron chi connectivity index (χ0n) is 25.1. The Balaban J connectivity index is 1.32. The van der Waals surface area contributed by atoms with Crippen molar-refractivity contribution in [2.24, 2.45) is 0 Å². The summed E-state index contributed by atoms with van der Waals surface area (Å²) < 4.78 is 0. The summed E-state index contributed by atoms with van der Waals surface area (Å²) in [5.41, 5.74) is 7.80. The van der Waals surface area contributed by atoms with Gasteiger partial charge in [-0.3, -0.25) is 0 Å². The van der Waals surface area contributed by atoms with E-state index in [1.165, 1.54) is 0 Å². The van der Waals surface area contributed by atoms with Gasteiger partial charge in [-0.15, -0.1) is 0 Å². The Morgan fingerprint density at radius 1 is 0.413 bits per heavy atom. The second-order valence-electron chi connectivity index (χ2n) is 11.2. The van der Waals surface area contributed by atoms with Crippen molar-refractivity contribution >= 4 is 16.3 Å². The summed E-state index contributed by atoms with van der Waals surface area (Å²) in [7, 11) is 0. The van der Waals surface area contributed by atoms with Gasteiger partial charge in [0, 0.05) is 27.8 Å². The van der Waals surface area contributed by atoms with E-state index < -0.39 is 0 Å². The van der Waals surface area contributed by atoms with E-state index in [-0.39, 0.29) is 0 Å². The molecule has 2 heterocycles. The molecule has 0 radical (unpaired) electrons. The molecule has 5 heteroatoms. The highest BCUT2D eigenvalue weighted by Crippen LogP contribution is 2.36. The maximum atomic E-state index is 5.11. The lowest BCUT2D eigenvalue weighted by molar-refractivity contribution is 0.978. The molecule has 0 fully saturated rings. The fraction of sp³-hybridized carbons (Fsp3) is 0.0488. The molecule has 8 rings (SSSR count). The highest BCUT2D eigenvalue weighted by Gasteiger charge is 2.18. The molecular formula is C41H29N5. The van der Waals surface area contributed by atoms with Gasteiger partial charge in [0.1, 0.15) is 0 Å². The minimum atomic E-state index is 0.652. The number of nitrogens with zero attached hydrogens (tertiary/aromatic N) is 5. The third kappa shape index (κ3) is 5.39. The van der Waals surface area contributed by atoms with Crippen molar-refractivity contribution in [2.75, 3.05) is 0 Å². The van der Waals surface area contributed by atoms with E-state index in [0.29, 0.717) is 17.5 Å². The van der Waals surface area contributed by atoms with E-state index in [1.807, 2.05) is 66.7 Å². The van der Waals surface area contributed by atoms with Gasteiger partial charge in [0.2, 0.25) is 0 Å². The van der Waals surface area contributed by atoms with Crippen LogP contribution in [0.4, 0.5) is 0 Å². The number of allylic oxidation sites excluding steroid dienone is 4. The van der Waals surface area contributed by atoms with Crippen LogP contribution in [0.1, 0.15) is 18.7 Å². The molecule has 0 atom stereocenters. The van der Waals surface area contributed by atoms with Crippen LogP contribution >= 0.6 is 0 Å². The molecule has 0 N–H and O–H groups in total. The maximum Gasteiger partial charge on any atom is 0.164 e. The van der Waals surface area contributed by atoms with Gasteiger partial charge >= 0.3 is 0 Å². The molecule has 218 valence electrons. The van der Waals surface area contributed by atoms with E-state index in [1.54, 1.807) is 0 Å². The maximum absolute atomic E-state index is 5.11. The monoisotopic (exact) mass is 591 g/mol. The van der Waals surface area contributed by atoms with Gasteiger partial charge in [-0.25, -0.2) is 24.9 Å². The Morgan fingerprint density at radius 2 is 0.957 bits per heavy atom. The average molecular weight is 592 g/mol. The molecule has 46 heavy (non-hydrogen) atoms. The number of hydrogen-bond donors (Lipinski definition) is 0. The number of aromatic nitrogens is 5. The third-order valence-electron chi connectivity index (χ3n) is 8.24. The molecule has 1 aliphatic rings. The van der Waals surface area contributed by atoms with Crippen LogP contribution in [-0.4, -0.2) is 24.9 Å². The fourth-order valence-electron chi connectivity index (χ4n) is 5.93. The highest BCUT2D eigenvalue weighted by molar-refractivity contribution is 6.03. The lowest BCUT2D eigenvalue weighted by Crippen LogP contribution is -2.04. The molecule has 0 aliphatic heterocycles. The quantitative estimate of drug-likeness (QED) is 0.193. The SMILES string of the molecule is C1=CCCC(c2nc(-c3ccccc3)nc(-c3cccc4c(-c5cc(-c6ccccc6)nc(-c6ccccc6)n5)cccc34)n2)=C1. The Morgan fingerprint density at radius 3 is 1.61 bits per heavy atom. The average Bonchev–Trinajstić information content (AvgIpc) is 3.15. The van der Waals surface area contributed by atoms with E-state index in [9.17, 15) is 0 Å². The molecule has 0 saturated carbocycles. The first-order valence-corrected chi connectivity index (χ1v) is 15.5. The predicted molar refractivity (Wildman–Crippen MR) is 186 cm³/mol. The molecule has 1 aliphatic carbocycles. The topological polar surface area (TPSA) is 64.5 Å². The summed E-state index contributed by atoms with van der Waals surface area (Å²) in [5, 5.41) is 2.12. The third-order valence-corrected chi connectivity index (χ3v) is 8.24. The Labute approximate surface area is 267 Å². The molecule has 7 aromatic rings. The first kappa shape index (κ1) is 27.5. The van der Waals surface area contributed by atoms with E-state index in [4.69, 9.17) is 24.9 Å². The summed E-state index contributed by atoms with van der Waals surface area (Å²) in [6.07, 6.45) is 8.25. The minimum Gasteiger partial charge on any atom is -0.228 e. The van der Waals surface area contributed by atoms with Gasteiger partial charge < -0.3 is 0 Å². The van der Waals surface area contributed by atoms with E-state index in [2.05, 4.69) is 85.0 Å². The molecule has 0 bridgehead atoms. The second kappa shape index (κ2) is 12.1. The van der Waals surface area contributed by atoms with E-state index in [0.717, 1.165) is 74.2 Å². The summed E-state index contributed by atoms with van der Waals surface area (Å²) in [5.74, 6) is 2.73. The Kier molecular flexibility index (Phi) is 7.25. The number of benzene rings is 5. The van der Waals surface area contributed by atoms with Crippen LogP contribution in [0.15, 0.2) is 152 Å². The van der Waals surface area contributed by atoms with Crippen LogP contribution in [0.3, 0.4) is 0 Å². The summed E-state index contributed by atoms with van der Waals surface area (Å²) >= 11 is 0. The van der Waals surface area contributed by atoms with Crippen molar-refractivity contribution < 1.29 is 0 Å². The molecule has 0 saturated heterocycles. The molecule has 0 spiro atoms. The van der Waals surface area contributed by atoms with Gasteiger partial charge in [-0.05, 0) is 35.3 Å². The van der Waals surface area contributed by atoms with Crippen molar-refractivity contribution in [3.05, 3.63) is 158 Å². The summed E-state index contributed by atoms with van der Waals surface area (Å²) in [6.45, 7) is 0. The predicted octanol–water partition coefficient (Wildman–Crippen LogP) is 9.88. The molecular weight excluding hydrogens is 562 g/mol. The van der Waals surface area contributed by atoms with Gasteiger partial charge in [0.05, 0.1) is 11.4 Å². The number of fused-ring (bicyclic) bond motifs is 1. The van der Waals surface area contributed by atoms with Crippen LogP contribution in [-0.2, 0) is 0 Å². The Bertz CT molecular complexity index is 2180. The largest absolute Gasteiger partial charge is 0.228 e. The molecule has 2 aromatic heterocycles. The lowest BCUT2D eigenvalue weighted by atomic mass is 9.96. The van der Waals surface area contributed by atoms with Crippen LogP contribution in [0, 0.1) is 0 Å². The molecule has 5 aromatic carbocycles. The molecule has 0 amide bonds. The highest BCUT2D eigenvalue weighted by atomic mass is 15.0. The van der Waals surface area contributed by atoms with Crippen molar-refractivity contribution in [3.8, 4) is 56.7 Å². The minimum absolute atomic E-state index is 0.652. The fourth-order valence-corrected chi connectivity index (χ4v) is 5.93. The summed E-state index contributed by atoms with van der Waals surface area (Å²) in [4.78, 5) is 25.1. The molecule has 5 nitrogen and oxygen atoms in total. The van der Waals surface area contributed by atoms with E-state index >= 15 is 0 Å². The smallest absolute Gasteiger partial charge is 0.164 e. The van der Waals surface area contributed by atoms with Crippen LogP contribution in [0.2, 0.25) is 0 Å². The number of hydrogen-bond acceptors (Lipinski definition) is 5. The first-order chi connectivity index (χ1) is 22.8. The van der Waals surface area contributed by atoms with Crippen molar-refractivity contribution in [2.45, 2.75) is 12.8 Å². The van der Waals surface area contributed by atoms with Gasteiger partial charge in [-0.1, -0.05) is 146 Å². The Hall–Kier alpha value is -6.07.